The molecule has 1 rings (SSSR count). The number of thioether (sulfide) groups is 1. The van der Waals surface area contributed by atoms with Crippen molar-refractivity contribution >= 4 is 11.8 Å². The highest BCUT2D eigenvalue weighted by molar-refractivity contribution is 7.99. The van der Waals surface area contributed by atoms with Crippen molar-refractivity contribution in [2.75, 3.05) is 12.8 Å². The predicted octanol–water partition coefficient (Wildman–Crippen LogP) is 3.69. The van der Waals surface area contributed by atoms with E-state index in [9.17, 15) is 0 Å². The van der Waals surface area contributed by atoms with Gasteiger partial charge in [0.15, 0.2) is 0 Å². The first-order valence-corrected chi connectivity index (χ1v) is 7.61. The summed E-state index contributed by atoms with van der Waals surface area (Å²) in [7, 11) is 2.14. The van der Waals surface area contributed by atoms with Gasteiger partial charge in [0.2, 0.25) is 0 Å². The van der Waals surface area contributed by atoms with Gasteiger partial charge in [0.25, 0.3) is 0 Å². The molecule has 2 atom stereocenters. The van der Waals surface area contributed by atoms with E-state index in [-0.39, 0.29) is 0 Å². The molecule has 0 heterocycles. The van der Waals surface area contributed by atoms with Crippen molar-refractivity contribution in [2.24, 2.45) is 5.92 Å². The summed E-state index contributed by atoms with van der Waals surface area (Å²) in [6.07, 6.45) is 8.57. The summed E-state index contributed by atoms with van der Waals surface area (Å²) in [4.78, 5) is 0. The first-order chi connectivity index (χ1) is 7.27. The molecule has 0 radical (unpaired) electrons. The minimum Gasteiger partial charge on any atom is -0.316 e. The van der Waals surface area contributed by atoms with Crippen LogP contribution in [0.4, 0.5) is 0 Å². The summed E-state index contributed by atoms with van der Waals surface area (Å²) < 4.78 is 0. The second-order valence-electron chi connectivity index (χ2n) is 4.85. The highest BCUT2D eigenvalue weighted by atomic mass is 32.2. The molecule has 1 nitrogen and oxygen atoms in total. The molecule has 15 heavy (non-hydrogen) atoms. The third-order valence-corrected chi connectivity index (χ3v) is 5.18. The second-order valence-corrected chi connectivity index (χ2v) is 6.32. The molecule has 1 saturated carbocycles. The average molecular weight is 229 g/mol. The SMILES string of the molecule is CCC(C)SCC(NC)C1CCCCC1. The summed E-state index contributed by atoms with van der Waals surface area (Å²) in [5.74, 6) is 2.25. The predicted molar refractivity (Wildman–Crippen MR) is 71.6 cm³/mol. The molecule has 0 aromatic heterocycles. The largest absolute Gasteiger partial charge is 0.316 e. The molecule has 0 aromatic carbocycles. The molecule has 1 aliphatic rings. The van der Waals surface area contributed by atoms with Gasteiger partial charge in [-0.1, -0.05) is 33.1 Å². The number of nitrogens with one attached hydrogen (secondary N) is 1. The van der Waals surface area contributed by atoms with Gasteiger partial charge in [-0.3, -0.25) is 0 Å². The lowest BCUT2D eigenvalue weighted by molar-refractivity contribution is 0.294. The van der Waals surface area contributed by atoms with Crippen LogP contribution < -0.4 is 5.32 Å². The molecule has 0 bridgehead atoms. The van der Waals surface area contributed by atoms with E-state index in [1.54, 1.807) is 0 Å². The smallest absolute Gasteiger partial charge is 0.0183 e. The quantitative estimate of drug-likeness (QED) is 0.745. The third-order valence-electron chi connectivity index (χ3n) is 3.72. The Balaban J connectivity index is 2.27. The molecule has 1 aliphatic carbocycles. The summed E-state index contributed by atoms with van der Waals surface area (Å²) >= 11 is 2.14. The molecular formula is C13H27NS. The van der Waals surface area contributed by atoms with Crippen molar-refractivity contribution in [1.82, 2.24) is 5.32 Å². The van der Waals surface area contributed by atoms with Crippen LogP contribution in [0.25, 0.3) is 0 Å². The Bertz CT molecular complexity index is 155. The van der Waals surface area contributed by atoms with E-state index >= 15 is 0 Å². The van der Waals surface area contributed by atoms with Gasteiger partial charge in [-0.25, -0.2) is 0 Å². The van der Waals surface area contributed by atoms with Crippen LogP contribution in [0.3, 0.4) is 0 Å². The Hall–Kier alpha value is 0.310. The molecular weight excluding hydrogens is 202 g/mol. The van der Waals surface area contributed by atoms with Crippen molar-refractivity contribution < 1.29 is 0 Å². The number of rotatable bonds is 6. The molecule has 1 fully saturated rings. The first-order valence-electron chi connectivity index (χ1n) is 6.56. The Morgan fingerprint density at radius 2 is 1.93 bits per heavy atom. The van der Waals surface area contributed by atoms with Crippen LogP contribution in [0.2, 0.25) is 0 Å². The molecule has 0 saturated heterocycles. The van der Waals surface area contributed by atoms with Gasteiger partial charge >= 0.3 is 0 Å². The molecule has 2 heteroatoms. The Morgan fingerprint density at radius 3 is 2.47 bits per heavy atom. The fourth-order valence-corrected chi connectivity index (χ4v) is 3.59. The highest BCUT2D eigenvalue weighted by Crippen LogP contribution is 2.28. The normalized spacial score (nSPS) is 22.6. The molecule has 0 aliphatic heterocycles. The minimum absolute atomic E-state index is 0.754. The van der Waals surface area contributed by atoms with E-state index in [2.05, 4.69) is 38.0 Å². The maximum Gasteiger partial charge on any atom is 0.0183 e. The molecule has 0 amide bonds. The molecule has 2 unspecified atom stereocenters. The van der Waals surface area contributed by atoms with Gasteiger partial charge in [-0.2, -0.15) is 11.8 Å². The van der Waals surface area contributed by atoms with Crippen LogP contribution >= 0.6 is 11.8 Å². The van der Waals surface area contributed by atoms with Crippen molar-refractivity contribution in [3.8, 4) is 0 Å². The zero-order valence-corrected chi connectivity index (χ0v) is 11.4. The van der Waals surface area contributed by atoms with Gasteiger partial charge in [0.1, 0.15) is 0 Å². The van der Waals surface area contributed by atoms with Crippen molar-refractivity contribution in [3.63, 3.8) is 0 Å². The summed E-state index contributed by atoms with van der Waals surface area (Å²) in [5.41, 5.74) is 0. The summed E-state index contributed by atoms with van der Waals surface area (Å²) in [6.45, 7) is 4.63. The maximum atomic E-state index is 3.53. The topological polar surface area (TPSA) is 12.0 Å². The van der Waals surface area contributed by atoms with E-state index in [0.29, 0.717) is 0 Å². The van der Waals surface area contributed by atoms with Gasteiger partial charge < -0.3 is 5.32 Å². The van der Waals surface area contributed by atoms with E-state index < -0.39 is 0 Å². The van der Waals surface area contributed by atoms with E-state index in [0.717, 1.165) is 17.2 Å². The lowest BCUT2D eigenvalue weighted by Gasteiger charge is -2.30. The number of hydrogen-bond acceptors (Lipinski definition) is 2. The van der Waals surface area contributed by atoms with Crippen LogP contribution in [0.15, 0.2) is 0 Å². The van der Waals surface area contributed by atoms with Crippen LogP contribution in [-0.4, -0.2) is 24.1 Å². The lowest BCUT2D eigenvalue weighted by atomic mass is 9.84. The zero-order valence-electron chi connectivity index (χ0n) is 10.6. The fraction of sp³-hybridized carbons (Fsp3) is 1.00. The second kappa shape index (κ2) is 7.56. The van der Waals surface area contributed by atoms with E-state index in [1.165, 1.54) is 44.3 Å². The van der Waals surface area contributed by atoms with Crippen LogP contribution in [-0.2, 0) is 0 Å². The van der Waals surface area contributed by atoms with Crippen molar-refractivity contribution in [3.05, 3.63) is 0 Å². The zero-order chi connectivity index (χ0) is 11.1. The molecule has 90 valence electrons. The standard InChI is InChI=1S/C13H27NS/c1-4-11(2)15-10-13(14-3)12-8-6-5-7-9-12/h11-14H,4-10H2,1-3H3. The summed E-state index contributed by atoms with van der Waals surface area (Å²) in [5, 5.41) is 4.35. The van der Waals surface area contributed by atoms with Gasteiger partial charge in [-0.05, 0) is 32.2 Å². The van der Waals surface area contributed by atoms with Crippen molar-refractivity contribution in [2.45, 2.75) is 63.7 Å². The van der Waals surface area contributed by atoms with Crippen molar-refractivity contribution in [1.29, 1.82) is 0 Å². The lowest BCUT2D eigenvalue weighted by Crippen LogP contribution is -2.37. The Morgan fingerprint density at radius 1 is 1.27 bits per heavy atom. The number of hydrogen-bond donors (Lipinski definition) is 1. The fourth-order valence-electron chi connectivity index (χ4n) is 2.38. The van der Waals surface area contributed by atoms with Gasteiger partial charge in [-0.15, -0.1) is 0 Å². The van der Waals surface area contributed by atoms with Crippen LogP contribution in [0.5, 0.6) is 0 Å². The van der Waals surface area contributed by atoms with E-state index in [1.807, 2.05) is 0 Å². The van der Waals surface area contributed by atoms with E-state index in [4.69, 9.17) is 0 Å². The average Bonchev–Trinajstić information content (AvgIpc) is 2.31. The van der Waals surface area contributed by atoms with Gasteiger partial charge in [0.05, 0.1) is 0 Å². The first kappa shape index (κ1) is 13.4. The molecule has 0 aromatic rings. The maximum absolute atomic E-state index is 3.53. The van der Waals surface area contributed by atoms with Crippen LogP contribution in [0.1, 0.15) is 52.4 Å². The molecule has 0 spiro atoms. The van der Waals surface area contributed by atoms with Gasteiger partial charge in [0, 0.05) is 17.0 Å². The minimum atomic E-state index is 0.754. The Labute approximate surface area is 99.8 Å². The Kier molecular flexibility index (Phi) is 6.74. The monoisotopic (exact) mass is 229 g/mol. The summed E-state index contributed by atoms with van der Waals surface area (Å²) in [6, 6.07) is 0.754. The van der Waals surface area contributed by atoms with Crippen LogP contribution in [0, 0.1) is 5.92 Å². The third kappa shape index (κ3) is 4.78. The highest BCUT2D eigenvalue weighted by Gasteiger charge is 2.22. The molecule has 1 N–H and O–H groups in total.